The van der Waals surface area contributed by atoms with Crippen LogP contribution in [0.25, 0.3) is 0 Å². The van der Waals surface area contributed by atoms with Gasteiger partial charge in [-0.15, -0.1) is 0 Å². The van der Waals surface area contributed by atoms with Crippen molar-refractivity contribution in [1.29, 1.82) is 0 Å². The summed E-state index contributed by atoms with van der Waals surface area (Å²) < 4.78 is 10.8. The fraction of sp³-hybridized carbons (Fsp3) is 0.500. The van der Waals surface area contributed by atoms with Gasteiger partial charge < -0.3 is 15.0 Å². The Hall–Kier alpha value is -1.88. The van der Waals surface area contributed by atoms with E-state index < -0.39 is 6.04 Å². The van der Waals surface area contributed by atoms with Crippen LogP contribution < -0.4 is 10.5 Å². The van der Waals surface area contributed by atoms with Gasteiger partial charge in [-0.3, -0.25) is 0 Å². The van der Waals surface area contributed by atoms with Gasteiger partial charge in [-0.25, -0.2) is 0 Å². The zero-order chi connectivity index (χ0) is 15.5. The Kier molecular flexibility index (Phi) is 4.63. The Morgan fingerprint density at radius 2 is 1.90 bits per heavy atom. The van der Waals surface area contributed by atoms with Crippen molar-refractivity contribution in [2.75, 3.05) is 6.61 Å². The summed E-state index contributed by atoms with van der Waals surface area (Å²) >= 11 is 0. The maximum Gasteiger partial charge on any atom is 0.232 e. The van der Waals surface area contributed by atoms with Crippen LogP contribution in [0.5, 0.6) is 5.75 Å². The molecule has 0 bridgehead atoms. The average molecular weight is 289 g/mol. The van der Waals surface area contributed by atoms with Crippen molar-refractivity contribution in [3.63, 3.8) is 0 Å². The maximum absolute atomic E-state index is 6.20. The fourth-order valence-electron chi connectivity index (χ4n) is 1.81. The van der Waals surface area contributed by atoms with E-state index in [1.165, 1.54) is 0 Å². The third kappa shape index (κ3) is 3.82. The summed E-state index contributed by atoms with van der Waals surface area (Å²) in [5, 5.41) is 3.99. The molecule has 0 amide bonds. The summed E-state index contributed by atoms with van der Waals surface area (Å²) in [5.74, 6) is 1.94. The molecule has 1 aromatic carbocycles. The van der Waals surface area contributed by atoms with Crippen molar-refractivity contribution >= 4 is 0 Å². The molecule has 114 valence electrons. The second kappa shape index (κ2) is 6.26. The Labute approximate surface area is 125 Å². The molecule has 0 spiro atoms. The van der Waals surface area contributed by atoms with Crippen LogP contribution in [0.4, 0.5) is 0 Å². The maximum atomic E-state index is 6.20. The molecule has 2 rings (SSSR count). The molecule has 0 saturated heterocycles. The lowest BCUT2D eigenvalue weighted by atomic mass is 9.97. The van der Waals surface area contributed by atoms with E-state index in [9.17, 15) is 0 Å². The normalized spacial score (nSPS) is 13.2. The highest BCUT2D eigenvalue weighted by Crippen LogP contribution is 2.24. The van der Waals surface area contributed by atoms with Gasteiger partial charge in [0.25, 0.3) is 0 Å². The van der Waals surface area contributed by atoms with Gasteiger partial charge in [-0.2, -0.15) is 4.98 Å². The SMILES string of the molecule is CCCOc1ccc(C(N)c2noc(C(C)(C)C)n2)cc1. The van der Waals surface area contributed by atoms with Crippen LogP contribution >= 0.6 is 0 Å². The minimum Gasteiger partial charge on any atom is -0.494 e. The quantitative estimate of drug-likeness (QED) is 0.915. The number of hydrogen-bond donors (Lipinski definition) is 1. The van der Waals surface area contributed by atoms with E-state index in [0.717, 1.165) is 17.7 Å². The third-order valence-corrected chi connectivity index (χ3v) is 3.07. The summed E-state index contributed by atoms with van der Waals surface area (Å²) in [6, 6.07) is 7.29. The average Bonchev–Trinajstić information content (AvgIpc) is 2.95. The van der Waals surface area contributed by atoms with E-state index in [-0.39, 0.29) is 5.41 Å². The summed E-state index contributed by atoms with van der Waals surface area (Å²) in [5.41, 5.74) is 6.95. The molecule has 0 radical (unpaired) electrons. The van der Waals surface area contributed by atoms with Crippen LogP contribution in [0.3, 0.4) is 0 Å². The van der Waals surface area contributed by atoms with Crippen molar-refractivity contribution in [2.24, 2.45) is 5.73 Å². The highest BCUT2D eigenvalue weighted by Gasteiger charge is 2.24. The number of rotatable bonds is 5. The van der Waals surface area contributed by atoms with E-state index in [1.54, 1.807) is 0 Å². The number of hydrogen-bond acceptors (Lipinski definition) is 5. The van der Waals surface area contributed by atoms with Gasteiger partial charge in [0.2, 0.25) is 5.89 Å². The highest BCUT2D eigenvalue weighted by molar-refractivity contribution is 5.31. The van der Waals surface area contributed by atoms with Crippen molar-refractivity contribution in [3.8, 4) is 5.75 Å². The van der Waals surface area contributed by atoms with E-state index in [4.69, 9.17) is 15.0 Å². The first-order valence-corrected chi connectivity index (χ1v) is 7.24. The van der Waals surface area contributed by atoms with Crippen LogP contribution in [0, 0.1) is 0 Å². The van der Waals surface area contributed by atoms with Gasteiger partial charge in [0.15, 0.2) is 5.82 Å². The first-order chi connectivity index (χ1) is 9.91. The Bertz CT molecular complexity index is 570. The van der Waals surface area contributed by atoms with Gasteiger partial charge >= 0.3 is 0 Å². The molecule has 21 heavy (non-hydrogen) atoms. The van der Waals surface area contributed by atoms with Crippen molar-refractivity contribution in [1.82, 2.24) is 10.1 Å². The van der Waals surface area contributed by atoms with E-state index in [0.29, 0.717) is 18.3 Å². The smallest absolute Gasteiger partial charge is 0.232 e. The molecule has 0 fully saturated rings. The molecule has 1 unspecified atom stereocenters. The molecule has 0 saturated carbocycles. The standard InChI is InChI=1S/C16H23N3O2/c1-5-10-20-12-8-6-11(7-9-12)13(17)14-18-15(21-19-14)16(2,3)4/h6-9,13H,5,10,17H2,1-4H3. The summed E-state index contributed by atoms with van der Waals surface area (Å²) in [6.45, 7) is 8.86. The van der Waals surface area contributed by atoms with Crippen molar-refractivity contribution < 1.29 is 9.26 Å². The molecule has 1 heterocycles. The van der Waals surface area contributed by atoms with Crippen LogP contribution in [0.1, 0.15) is 57.4 Å². The number of aromatic nitrogens is 2. The molecular formula is C16H23N3O2. The Morgan fingerprint density at radius 3 is 2.43 bits per heavy atom. The van der Waals surface area contributed by atoms with Crippen LogP contribution in [-0.2, 0) is 5.41 Å². The second-order valence-corrected chi connectivity index (χ2v) is 6.10. The molecule has 0 aliphatic heterocycles. The minimum atomic E-state index is -0.398. The molecule has 1 aromatic heterocycles. The zero-order valence-corrected chi connectivity index (χ0v) is 13.1. The van der Waals surface area contributed by atoms with Gasteiger partial charge in [-0.05, 0) is 24.1 Å². The lowest BCUT2D eigenvalue weighted by molar-refractivity contribution is 0.317. The summed E-state index contributed by atoms with van der Waals surface area (Å²) in [7, 11) is 0. The van der Waals surface area contributed by atoms with Crippen LogP contribution in [-0.4, -0.2) is 16.7 Å². The first-order valence-electron chi connectivity index (χ1n) is 7.24. The van der Waals surface area contributed by atoms with Crippen molar-refractivity contribution in [3.05, 3.63) is 41.5 Å². The number of nitrogens with zero attached hydrogens (tertiary/aromatic N) is 2. The highest BCUT2D eigenvalue weighted by atomic mass is 16.5. The molecule has 2 N–H and O–H groups in total. The predicted molar refractivity (Wildman–Crippen MR) is 81.3 cm³/mol. The lowest BCUT2D eigenvalue weighted by Crippen LogP contribution is -2.15. The third-order valence-electron chi connectivity index (χ3n) is 3.07. The van der Waals surface area contributed by atoms with E-state index >= 15 is 0 Å². The number of nitrogens with two attached hydrogens (primary N) is 1. The Morgan fingerprint density at radius 1 is 1.24 bits per heavy atom. The lowest BCUT2D eigenvalue weighted by Gasteiger charge is -2.11. The van der Waals surface area contributed by atoms with Crippen LogP contribution in [0.2, 0.25) is 0 Å². The monoisotopic (exact) mass is 289 g/mol. The molecule has 5 heteroatoms. The van der Waals surface area contributed by atoms with Gasteiger partial charge in [-0.1, -0.05) is 45.0 Å². The van der Waals surface area contributed by atoms with Crippen molar-refractivity contribution in [2.45, 2.75) is 45.6 Å². The predicted octanol–water partition coefficient (Wildman–Crippen LogP) is 3.20. The summed E-state index contributed by atoms with van der Waals surface area (Å²) in [6.07, 6.45) is 0.986. The van der Waals surface area contributed by atoms with E-state index in [1.807, 2.05) is 45.0 Å². The molecule has 2 aromatic rings. The molecule has 5 nitrogen and oxygen atoms in total. The second-order valence-electron chi connectivity index (χ2n) is 6.10. The topological polar surface area (TPSA) is 74.2 Å². The fourth-order valence-corrected chi connectivity index (χ4v) is 1.81. The molecule has 0 aliphatic carbocycles. The minimum absolute atomic E-state index is 0.178. The molecule has 1 atom stereocenters. The Balaban J connectivity index is 2.12. The van der Waals surface area contributed by atoms with Crippen LogP contribution in [0.15, 0.2) is 28.8 Å². The largest absolute Gasteiger partial charge is 0.494 e. The van der Waals surface area contributed by atoms with Gasteiger partial charge in [0, 0.05) is 5.41 Å². The summed E-state index contributed by atoms with van der Waals surface area (Å²) in [4.78, 5) is 4.40. The molecular weight excluding hydrogens is 266 g/mol. The van der Waals surface area contributed by atoms with Gasteiger partial charge in [0.05, 0.1) is 12.6 Å². The number of benzene rings is 1. The van der Waals surface area contributed by atoms with Gasteiger partial charge in [0.1, 0.15) is 5.75 Å². The van der Waals surface area contributed by atoms with E-state index in [2.05, 4.69) is 17.1 Å². The zero-order valence-electron chi connectivity index (χ0n) is 13.1. The first kappa shape index (κ1) is 15.5. The molecule has 0 aliphatic rings. The number of ether oxygens (including phenoxy) is 1.